The van der Waals surface area contributed by atoms with Gasteiger partial charge in [0.1, 0.15) is 5.75 Å². The van der Waals surface area contributed by atoms with Gasteiger partial charge in [-0.2, -0.15) is 0 Å². The molecule has 0 radical (unpaired) electrons. The van der Waals surface area contributed by atoms with Gasteiger partial charge in [0, 0.05) is 0 Å². The Kier molecular flexibility index (Phi) is 6.27. The van der Waals surface area contributed by atoms with Gasteiger partial charge in [0.15, 0.2) is 10.3 Å². The third-order valence-corrected chi connectivity index (χ3v) is 7.54. The van der Waals surface area contributed by atoms with Gasteiger partial charge in [-0.1, -0.05) is 41.3 Å². The lowest BCUT2D eigenvalue weighted by Crippen LogP contribution is -2.23. The molecule has 9 heteroatoms. The fraction of sp³-hybridized carbons (Fsp3) is 0.154. The van der Waals surface area contributed by atoms with Gasteiger partial charge in [-0.15, -0.1) is 0 Å². The number of anilines is 1. The summed E-state index contributed by atoms with van der Waals surface area (Å²) in [4.78, 5) is 35.4. The molecule has 0 aliphatic rings. The number of hydrogen-bond acceptors (Lipinski definition) is 7. The molecule has 176 valence electrons. The number of para-hydroxylation sites is 1. The zero-order chi connectivity index (χ0) is 24.5. The minimum Gasteiger partial charge on any atom is -0.497 e. The van der Waals surface area contributed by atoms with Crippen LogP contribution in [0.25, 0.3) is 26.8 Å². The summed E-state index contributed by atoms with van der Waals surface area (Å²) in [7, 11) is 1.61. The Hall–Kier alpha value is -3.69. The highest BCUT2D eigenvalue weighted by molar-refractivity contribution is 7.99. The molecule has 0 aliphatic carbocycles. The van der Waals surface area contributed by atoms with E-state index in [1.807, 2.05) is 62.4 Å². The molecule has 7 nitrogen and oxygen atoms in total. The second-order valence-corrected chi connectivity index (χ2v) is 9.98. The number of methoxy groups -OCH3 is 1. The van der Waals surface area contributed by atoms with E-state index in [0.29, 0.717) is 21.2 Å². The molecule has 1 amide bonds. The SMILES string of the molecule is COc1ccc2nc(NC(=O)CSc3nc4ccccc4c(=O)n3-c3ccc(C)c(C)c3)sc2c1. The molecule has 1 N–H and O–H groups in total. The van der Waals surface area contributed by atoms with Crippen LogP contribution in [0.5, 0.6) is 5.75 Å². The first-order valence-electron chi connectivity index (χ1n) is 10.9. The third-order valence-electron chi connectivity index (χ3n) is 5.67. The van der Waals surface area contributed by atoms with Crippen LogP contribution >= 0.6 is 23.1 Å². The van der Waals surface area contributed by atoms with E-state index in [9.17, 15) is 9.59 Å². The number of thiazole rings is 1. The molecular formula is C26H22N4O3S2. The third kappa shape index (κ3) is 4.65. The highest BCUT2D eigenvalue weighted by Crippen LogP contribution is 2.29. The summed E-state index contributed by atoms with van der Waals surface area (Å²) in [6.45, 7) is 4.03. The fourth-order valence-electron chi connectivity index (χ4n) is 3.67. The normalized spacial score (nSPS) is 11.2. The number of benzene rings is 3. The Labute approximate surface area is 209 Å². The number of hydrogen-bond donors (Lipinski definition) is 1. The molecule has 35 heavy (non-hydrogen) atoms. The van der Waals surface area contributed by atoms with E-state index in [1.165, 1.54) is 23.1 Å². The summed E-state index contributed by atoms with van der Waals surface area (Å²) in [5, 5.41) is 4.36. The minimum absolute atomic E-state index is 0.0782. The number of amides is 1. The summed E-state index contributed by atoms with van der Waals surface area (Å²) in [6, 6.07) is 18.7. The van der Waals surface area contributed by atoms with E-state index >= 15 is 0 Å². The molecule has 2 aromatic heterocycles. The second kappa shape index (κ2) is 9.52. The van der Waals surface area contributed by atoms with Crippen molar-refractivity contribution in [3.05, 3.63) is 82.1 Å². The smallest absolute Gasteiger partial charge is 0.266 e. The van der Waals surface area contributed by atoms with Crippen molar-refractivity contribution >= 4 is 55.3 Å². The van der Waals surface area contributed by atoms with E-state index in [0.717, 1.165) is 32.8 Å². The van der Waals surface area contributed by atoms with Crippen LogP contribution in [-0.4, -0.2) is 33.3 Å². The standard InChI is InChI=1S/C26H22N4O3S2/c1-15-8-9-17(12-16(15)2)30-24(32)19-6-4-5-7-20(19)28-26(30)34-14-23(31)29-25-27-21-11-10-18(33-3)13-22(21)35-25/h4-13H,14H2,1-3H3,(H,27,29,31). The zero-order valence-electron chi connectivity index (χ0n) is 19.4. The van der Waals surface area contributed by atoms with Crippen LogP contribution in [0.1, 0.15) is 11.1 Å². The molecule has 0 bridgehead atoms. The van der Waals surface area contributed by atoms with E-state index in [2.05, 4.69) is 10.3 Å². The highest BCUT2D eigenvalue weighted by Gasteiger charge is 2.16. The van der Waals surface area contributed by atoms with Gasteiger partial charge in [0.2, 0.25) is 5.91 Å². The van der Waals surface area contributed by atoms with Crippen molar-refractivity contribution in [2.24, 2.45) is 0 Å². The average molecular weight is 503 g/mol. The van der Waals surface area contributed by atoms with Crippen LogP contribution in [-0.2, 0) is 4.79 Å². The Bertz CT molecular complexity index is 1640. The first kappa shape index (κ1) is 23.1. The molecule has 0 saturated carbocycles. The largest absolute Gasteiger partial charge is 0.497 e. The Morgan fingerprint density at radius 2 is 1.86 bits per heavy atom. The number of fused-ring (bicyclic) bond motifs is 2. The topological polar surface area (TPSA) is 86.1 Å². The number of aromatic nitrogens is 3. The molecule has 2 heterocycles. The maximum atomic E-state index is 13.4. The van der Waals surface area contributed by atoms with Gasteiger partial charge in [-0.05, 0) is 67.4 Å². The minimum atomic E-state index is -0.227. The van der Waals surface area contributed by atoms with Crippen molar-refractivity contribution < 1.29 is 9.53 Å². The van der Waals surface area contributed by atoms with Gasteiger partial charge < -0.3 is 10.1 Å². The first-order chi connectivity index (χ1) is 16.9. The lowest BCUT2D eigenvalue weighted by atomic mass is 10.1. The van der Waals surface area contributed by atoms with Crippen molar-refractivity contribution in [2.75, 3.05) is 18.2 Å². The van der Waals surface area contributed by atoms with Gasteiger partial charge in [-0.25, -0.2) is 9.97 Å². The molecule has 5 aromatic rings. The molecule has 0 saturated heterocycles. The zero-order valence-corrected chi connectivity index (χ0v) is 21.0. The van der Waals surface area contributed by atoms with Crippen LogP contribution < -0.4 is 15.6 Å². The summed E-state index contributed by atoms with van der Waals surface area (Å²) in [5.41, 5.74) is 4.15. The number of ether oxygens (including phenoxy) is 1. The van der Waals surface area contributed by atoms with E-state index in [-0.39, 0.29) is 17.2 Å². The predicted molar refractivity (Wildman–Crippen MR) is 142 cm³/mol. The molecule has 3 aromatic carbocycles. The lowest BCUT2D eigenvalue weighted by molar-refractivity contribution is -0.113. The summed E-state index contributed by atoms with van der Waals surface area (Å²) >= 11 is 2.60. The number of aryl methyl sites for hydroxylation is 2. The quantitative estimate of drug-likeness (QED) is 0.249. The molecule has 5 rings (SSSR count). The number of carbonyl (C=O) groups is 1. The first-order valence-corrected chi connectivity index (χ1v) is 12.7. The van der Waals surface area contributed by atoms with Gasteiger partial charge in [0.25, 0.3) is 5.56 Å². The van der Waals surface area contributed by atoms with Gasteiger partial charge >= 0.3 is 0 Å². The summed E-state index contributed by atoms with van der Waals surface area (Å²) in [6.07, 6.45) is 0. The number of nitrogens with one attached hydrogen (secondary N) is 1. The molecule has 0 fully saturated rings. The second-order valence-electron chi connectivity index (χ2n) is 8.01. The van der Waals surface area contributed by atoms with Crippen molar-refractivity contribution in [1.82, 2.24) is 14.5 Å². The molecule has 0 spiro atoms. The van der Waals surface area contributed by atoms with Crippen molar-refractivity contribution in [2.45, 2.75) is 19.0 Å². The van der Waals surface area contributed by atoms with Crippen LogP contribution in [0.4, 0.5) is 5.13 Å². The van der Waals surface area contributed by atoms with E-state index < -0.39 is 0 Å². The van der Waals surface area contributed by atoms with Crippen molar-refractivity contribution in [1.29, 1.82) is 0 Å². The molecule has 0 unspecified atom stereocenters. The maximum Gasteiger partial charge on any atom is 0.266 e. The number of thioether (sulfide) groups is 1. The number of nitrogens with zero attached hydrogens (tertiary/aromatic N) is 3. The van der Waals surface area contributed by atoms with Crippen molar-refractivity contribution in [3.63, 3.8) is 0 Å². The van der Waals surface area contributed by atoms with E-state index in [1.54, 1.807) is 23.8 Å². The number of rotatable bonds is 6. The predicted octanol–water partition coefficient (Wildman–Crippen LogP) is 5.35. The Balaban J connectivity index is 1.43. The van der Waals surface area contributed by atoms with Gasteiger partial charge in [-0.3, -0.25) is 14.2 Å². The van der Waals surface area contributed by atoms with Crippen molar-refractivity contribution in [3.8, 4) is 11.4 Å². The lowest BCUT2D eigenvalue weighted by Gasteiger charge is -2.14. The molecule has 0 aliphatic heterocycles. The monoisotopic (exact) mass is 502 g/mol. The van der Waals surface area contributed by atoms with Crippen LogP contribution in [0.2, 0.25) is 0 Å². The van der Waals surface area contributed by atoms with Gasteiger partial charge in [0.05, 0.1) is 39.7 Å². The van der Waals surface area contributed by atoms with Crippen LogP contribution in [0.3, 0.4) is 0 Å². The highest BCUT2D eigenvalue weighted by atomic mass is 32.2. The molecular weight excluding hydrogens is 480 g/mol. The summed E-state index contributed by atoms with van der Waals surface area (Å²) in [5.74, 6) is 0.589. The summed E-state index contributed by atoms with van der Waals surface area (Å²) < 4.78 is 7.76. The fourth-order valence-corrected chi connectivity index (χ4v) is 5.40. The van der Waals surface area contributed by atoms with E-state index in [4.69, 9.17) is 9.72 Å². The van der Waals surface area contributed by atoms with Crippen LogP contribution in [0, 0.1) is 13.8 Å². The maximum absolute atomic E-state index is 13.4. The Morgan fingerprint density at radius 3 is 2.66 bits per heavy atom. The number of carbonyl (C=O) groups excluding carboxylic acids is 1. The molecule has 0 atom stereocenters. The Morgan fingerprint density at radius 1 is 1.03 bits per heavy atom. The average Bonchev–Trinajstić information content (AvgIpc) is 3.26. The van der Waals surface area contributed by atoms with Crippen LogP contribution in [0.15, 0.2) is 70.6 Å².